The zero-order valence-corrected chi connectivity index (χ0v) is 10.3. The second-order valence-corrected chi connectivity index (χ2v) is 4.61. The van der Waals surface area contributed by atoms with Crippen LogP contribution in [0.1, 0.15) is 15.9 Å². The molecule has 3 N–H and O–H groups in total. The third kappa shape index (κ3) is 1.91. The highest BCUT2D eigenvalue weighted by Crippen LogP contribution is 2.32. The van der Waals surface area contributed by atoms with Crippen molar-refractivity contribution < 1.29 is 9.90 Å². The zero-order chi connectivity index (χ0) is 13.4. The van der Waals surface area contributed by atoms with Gasteiger partial charge < -0.3 is 15.7 Å². The number of carbonyl (C=O) groups is 1. The van der Waals surface area contributed by atoms with Crippen molar-refractivity contribution in [2.45, 2.75) is 6.42 Å². The number of hydrogen-bond donors (Lipinski definition) is 2. The monoisotopic (exact) mass is 254 g/mol. The van der Waals surface area contributed by atoms with Crippen LogP contribution in [-0.4, -0.2) is 17.6 Å². The third-order valence-electron chi connectivity index (χ3n) is 3.38. The Hall–Kier alpha value is -2.49. The Kier molecular flexibility index (Phi) is 2.63. The van der Waals surface area contributed by atoms with Gasteiger partial charge in [0, 0.05) is 17.9 Å². The molecular formula is C15H14N2O2. The molecule has 0 saturated carbocycles. The van der Waals surface area contributed by atoms with E-state index in [0.717, 1.165) is 17.7 Å². The summed E-state index contributed by atoms with van der Waals surface area (Å²) in [5.41, 5.74) is 8.68. The van der Waals surface area contributed by atoms with E-state index in [9.17, 15) is 9.90 Å². The molecule has 1 aliphatic heterocycles. The fourth-order valence-electron chi connectivity index (χ4n) is 2.41. The smallest absolute Gasteiger partial charge is 0.262 e. The second-order valence-electron chi connectivity index (χ2n) is 4.61. The zero-order valence-electron chi connectivity index (χ0n) is 10.3. The standard InChI is InChI=1S/C15H14N2O2/c16-11-6-5-10-7-8-17(13(10)9-11)15(19)12-3-1-2-4-14(12)18/h1-6,9,18H,7-8,16H2. The van der Waals surface area contributed by atoms with Crippen LogP contribution in [0.5, 0.6) is 5.75 Å². The van der Waals surface area contributed by atoms with Gasteiger partial charge in [-0.05, 0) is 36.2 Å². The SMILES string of the molecule is Nc1ccc2c(c1)N(C(=O)c1ccccc1O)CC2. The van der Waals surface area contributed by atoms with Crippen LogP contribution in [0.3, 0.4) is 0 Å². The normalized spacial score (nSPS) is 13.4. The van der Waals surface area contributed by atoms with Gasteiger partial charge in [-0.2, -0.15) is 0 Å². The highest BCUT2D eigenvalue weighted by molar-refractivity contribution is 6.09. The average Bonchev–Trinajstić information content (AvgIpc) is 2.81. The average molecular weight is 254 g/mol. The first-order valence-electron chi connectivity index (χ1n) is 6.15. The van der Waals surface area contributed by atoms with Gasteiger partial charge in [0.05, 0.1) is 5.56 Å². The second kappa shape index (κ2) is 4.31. The number of fused-ring (bicyclic) bond motifs is 1. The Balaban J connectivity index is 2.00. The molecule has 0 aliphatic carbocycles. The summed E-state index contributed by atoms with van der Waals surface area (Å²) in [6, 6.07) is 12.2. The summed E-state index contributed by atoms with van der Waals surface area (Å²) in [7, 11) is 0. The quantitative estimate of drug-likeness (QED) is 0.766. The lowest BCUT2D eigenvalue weighted by Crippen LogP contribution is -2.28. The molecule has 1 aliphatic rings. The van der Waals surface area contributed by atoms with Crippen LogP contribution >= 0.6 is 0 Å². The highest BCUT2D eigenvalue weighted by atomic mass is 16.3. The summed E-state index contributed by atoms with van der Waals surface area (Å²) < 4.78 is 0. The third-order valence-corrected chi connectivity index (χ3v) is 3.38. The van der Waals surface area contributed by atoms with Crippen molar-refractivity contribution >= 4 is 17.3 Å². The van der Waals surface area contributed by atoms with Crippen LogP contribution in [0, 0.1) is 0 Å². The first-order chi connectivity index (χ1) is 9.16. The van der Waals surface area contributed by atoms with Gasteiger partial charge in [-0.1, -0.05) is 18.2 Å². The summed E-state index contributed by atoms with van der Waals surface area (Å²) in [6.07, 6.45) is 0.814. The minimum atomic E-state index is -0.192. The van der Waals surface area contributed by atoms with Crippen LogP contribution in [0.4, 0.5) is 11.4 Å². The maximum absolute atomic E-state index is 12.5. The number of benzene rings is 2. The topological polar surface area (TPSA) is 66.6 Å². The van der Waals surface area contributed by atoms with Crippen molar-refractivity contribution in [1.82, 2.24) is 0 Å². The predicted molar refractivity (Wildman–Crippen MR) is 74.3 cm³/mol. The van der Waals surface area contributed by atoms with Gasteiger partial charge in [-0.25, -0.2) is 0 Å². The molecule has 1 amide bonds. The lowest BCUT2D eigenvalue weighted by Gasteiger charge is -2.18. The number of anilines is 2. The number of nitrogens with zero attached hydrogens (tertiary/aromatic N) is 1. The molecular weight excluding hydrogens is 240 g/mol. The van der Waals surface area contributed by atoms with E-state index in [1.807, 2.05) is 12.1 Å². The summed E-state index contributed by atoms with van der Waals surface area (Å²) >= 11 is 0. The number of para-hydroxylation sites is 1. The molecule has 4 heteroatoms. The first kappa shape index (κ1) is 11.6. The molecule has 0 aromatic heterocycles. The van der Waals surface area contributed by atoms with E-state index < -0.39 is 0 Å². The molecule has 2 aromatic carbocycles. The first-order valence-corrected chi connectivity index (χ1v) is 6.15. The Bertz CT molecular complexity index is 652. The van der Waals surface area contributed by atoms with Crippen LogP contribution in [0.2, 0.25) is 0 Å². The largest absolute Gasteiger partial charge is 0.507 e. The predicted octanol–water partition coefficient (Wildman–Crippen LogP) is 2.18. The molecule has 0 radical (unpaired) electrons. The van der Waals surface area contributed by atoms with Gasteiger partial charge in [-0.15, -0.1) is 0 Å². The van der Waals surface area contributed by atoms with E-state index >= 15 is 0 Å². The molecule has 0 unspecified atom stereocenters. The van der Waals surface area contributed by atoms with Crippen molar-refractivity contribution in [1.29, 1.82) is 0 Å². The van der Waals surface area contributed by atoms with E-state index in [1.54, 1.807) is 29.2 Å². The summed E-state index contributed by atoms with van der Waals surface area (Å²) in [5, 5.41) is 9.77. The van der Waals surface area contributed by atoms with Crippen molar-refractivity contribution in [2.75, 3.05) is 17.2 Å². The fraction of sp³-hybridized carbons (Fsp3) is 0.133. The van der Waals surface area contributed by atoms with Crippen LogP contribution in [0.25, 0.3) is 0 Å². The molecule has 0 saturated heterocycles. The molecule has 3 rings (SSSR count). The van der Waals surface area contributed by atoms with Gasteiger partial charge in [0.1, 0.15) is 5.75 Å². The Morgan fingerprint density at radius 3 is 2.79 bits per heavy atom. The molecule has 0 spiro atoms. The molecule has 4 nitrogen and oxygen atoms in total. The number of nitrogens with two attached hydrogens (primary N) is 1. The van der Waals surface area contributed by atoms with E-state index in [0.29, 0.717) is 17.8 Å². The molecule has 96 valence electrons. The van der Waals surface area contributed by atoms with Gasteiger partial charge in [0.25, 0.3) is 5.91 Å². The van der Waals surface area contributed by atoms with Crippen LogP contribution in [-0.2, 0) is 6.42 Å². The van der Waals surface area contributed by atoms with Gasteiger partial charge in [0.15, 0.2) is 0 Å². The number of rotatable bonds is 1. The number of hydrogen-bond acceptors (Lipinski definition) is 3. The molecule has 0 fully saturated rings. The van der Waals surface area contributed by atoms with E-state index in [4.69, 9.17) is 5.73 Å². The number of aromatic hydroxyl groups is 1. The number of carbonyl (C=O) groups excluding carboxylic acids is 1. The minimum absolute atomic E-state index is 0.00449. The maximum atomic E-state index is 12.5. The Morgan fingerprint density at radius 1 is 1.21 bits per heavy atom. The van der Waals surface area contributed by atoms with Gasteiger partial charge >= 0.3 is 0 Å². The lowest BCUT2D eigenvalue weighted by atomic mass is 10.1. The summed E-state index contributed by atoms with van der Waals surface area (Å²) in [4.78, 5) is 14.1. The summed E-state index contributed by atoms with van der Waals surface area (Å²) in [5.74, 6) is -0.188. The maximum Gasteiger partial charge on any atom is 0.262 e. The van der Waals surface area contributed by atoms with E-state index in [2.05, 4.69) is 0 Å². The molecule has 0 bridgehead atoms. The van der Waals surface area contributed by atoms with Gasteiger partial charge in [0.2, 0.25) is 0 Å². The van der Waals surface area contributed by atoms with Crippen molar-refractivity contribution in [3.8, 4) is 5.75 Å². The van der Waals surface area contributed by atoms with Crippen molar-refractivity contribution in [3.63, 3.8) is 0 Å². The highest BCUT2D eigenvalue weighted by Gasteiger charge is 2.26. The van der Waals surface area contributed by atoms with Crippen LogP contribution < -0.4 is 10.6 Å². The molecule has 1 heterocycles. The number of phenols is 1. The van der Waals surface area contributed by atoms with Crippen molar-refractivity contribution in [3.05, 3.63) is 53.6 Å². The number of phenolic OH excluding ortho intramolecular Hbond substituents is 1. The van der Waals surface area contributed by atoms with E-state index in [-0.39, 0.29) is 11.7 Å². The van der Waals surface area contributed by atoms with Gasteiger partial charge in [-0.3, -0.25) is 4.79 Å². The molecule has 2 aromatic rings. The van der Waals surface area contributed by atoms with Crippen molar-refractivity contribution in [2.24, 2.45) is 0 Å². The number of nitrogen functional groups attached to an aromatic ring is 1. The molecule has 0 atom stereocenters. The van der Waals surface area contributed by atoms with Crippen LogP contribution in [0.15, 0.2) is 42.5 Å². The summed E-state index contributed by atoms with van der Waals surface area (Å²) in [6.45, 7) is 0.617. The Morgan fingerprint density at radius 2 is 2.00 bits per heavy atom. The fourth-order valence-corrected chi connectivity index (χ4v) is 2.41. The molecule has 19 heavy (non-hydrogen) atoms. The number of amides is 1. The lowest BCUT2D eigenvalue weighted by molar-refractivity contribution is 0.0987. The van der Waals surface area contributed by atoms with E-state index in [1.165, 1.54) is 6.07 Å². The Labute approximate surface area is 111 Å². The minimum Gasteiger partial charge on any atom is -0.507 e.